The minimum atomic E-state index is -1.27. The van der Waals surface area contributed by atoms with Crippen molar-refractivity contribution in [2.45, 2.75) is 51.0 Å². The van der Waals surface area contributed by atoms with Gasteiger partial charge >= 0.3 is 6.09 Å². The van der Waals surface area contributed by atoms with Gasteiger partial charge in [0, 0.05) is 24.4 Å². The SMILES string of the molecule is CC(C)(C)OC(=O)N1CCC2(Cc3cc(Cl)ccc3O2)C(F)C1. The Morgan fingerprint density at radius 1 is 1.48 bits per heavy atom. The van der Waals surface area contributed by atoms with Gasteiger partial charge in [0.15, 0.2) is 6.17 Å². The van der Waals surface area contributed by atoms with E-state index in [4.69, 9.17) is 21.1 Å². The van der Waals surface area contributed by atoms with Gasteiger partial charge in [-0.25, -0.2) is 9.18 Å². The quantitative estimate of drug-likeness (QED) is 0.716. The Morgan fingerprint density at radius 2 is 2.22 bits per heavy atom. The van der Waals surface area contributed by atoms with Crippen LogP contribution in [0.15, 0.2) is 18.2 Å². The molecule has 0 aromatic heterocycles. The number of benzene rings is 1. The molecule has 0 N–H and O–H groups in total. The number of fused-ring (bicyclic) bond motifs is 1. The van der Waals surface area contributed by atoms with E-state index in [2.05, 4.69) is 0 Å². The van der Waals surface area contributed by atoms with Crippen LogP contribution in [0, 0.1) is 0 Å². The van der Waals surface area contributed by atoms with Crippen LogP contribution in [0.4, 0.5) is 9.18 Å². The molecular weight excluding hydrogens is 321 g/mol. The summed E-state index contributed by atoms with van der Waals surface area (Å²) >= 11 is 5.99. The van der Waals surface area contributed by atoms with Crippen LogP contribution in [0.25, 0.3) is 0 Å². The number of halogens is 2. The molecule has 6 heteroatoms. The van der Waals surface area contributed by atoms with Crippen LogP contribution in [-0.2, 0) is 11.2 Å². The molecule has 0 saturated carbocycles. The van der Waals surface area contributed by atoms with E-state index in [1.807, 2.05) is 6.07 Å². The molecular formula is C17H21ClFNO3. The molecule has 2 unspecified atom stereocenters. The lowest BCUT2D eigenvalue weighted by Crippen LogP contribution is -2.58. The number of piperidine rings is 1. The fraction of sp³-hybridized carbons (Fsp3) is 0.588. The summed E-state index contributed by atoms with van der Waals surface area (Å²) in [5, 5.41) is 0.617. The summed E-state index contributed by atoms with van der Waals surface area (Å²) in [5.41, 5.74) is -0.564. The van der Waals surface area contributed by atoms with Gasteiger partial charge in [-0.05, 0) is 44.5 Å². The zero-order valence-electron chi connectivity index (χ0n) is 13.6. The summed E-state index contributed by atoms with van der Waals surface area (Å²) in [6.07, 6.45) is -0.838. The zero-order valence-corrected chi connectivity index (χ0v) is 14.3. The molecule has 1 saturated heterocycles. The third kappa shape index (κ3) is 3.25. The number of alkyl halides is 1. The average molecular weight is 342 g/mol. The molecule has 1 aromatic carbocycles. The molecule has 3 rings (SSSR count). The second-order valence-electron chi connectivity index (χ2n) is 7.24. The van der Waals surface area contributed by atoms with Crippen molar-refractivity contribution in [3.05, 3.63) is 28.8 Å². The molecule has 0 bridgehead atoms. The maximum absolute atomic E-state index is 14.8. The summed E-state index contributed by atoms with van der Waals surface area (Å²) in [4.78, 5) is 13.5. The van der Waals surface area contributed by atoms with Crippen molar-refractivity contribution in [1.82, 2.24) is 4.90 Å². The topological polar surface area (TPSA) is 38.8 Å². The van der Waals surface area contributed by atoms with Crippen molar-refractivity contribution in [2.24, 2.45) is 0 Å². The highest BCUT2D eigenvalue weighted by Gasteiger charge is 2.51. The normalized spacial score (nSPS) is 26.8. The summed E-state index contributed by atoms with van der Waals surface area (Å²) in [5.74, 6) is 0.683. The van der Waals surface area contributed by atoms with E-state index in [1.54, 1.807) is 32.9 Å². The van der Waals surface area contributed by atoms with E-state index in [1.165, 1.54) is 4.90 Å². The molecule has 2 aliphatic heterocycles. The third-order valence-corrected chi connectivity index (χ3v) is 4.47. The van der Waals surface area contributed by atoms with Crippen LogP contribution in [0.5, 0.6) is 5.75 Å². The number of rotatable bonds is 0. The van der Waals surface area contributed by atoms with Gasteiger partial charge < -0.3 is 14.4 Å². The predicted molar refractivity (Wildman–Crippen MR) is 85.8 cm³/mol. The molecule has 2 aliphatic rings. The molecule has 0 radical (unpaired) electrons. The number of carbonyl (C=O) groups excluding carboxylic acids is 1. The van der Waals surface area contributed by atoms with Crippen LogP contribution in [0.1, 0.15) is 32.8 Å². The molecule has 1 spiro atoms. The van der Waals surface area contributed by atoms with Crippen molar-refractivity contribution >= 4 is 17.7 Å². The fourth-order valence-electron chi connectivity index (χ4n) is 3.10. The number of likely N-dealkylation sites (tertiary alicyclic amines) is 1. The highest BCUT2D eigenvalue weighted by atomic mass is 35.5. The van der Waals surface area contributed by atoms with Gasteiger partial charge in [0.1, 0.15) is 17.0 Å². The molecule has 4 nitrogen and oxygen atoms in total. The predicted octanol–water partition coefficient (Wildman–Crippen LogP) is 3.99. The molecule has 1 amide bonds. The fourth-order valence-corrected chi connectivity index (χ4v) is 3.30. The van der Waals surface area contributed by atoms with Gasteiger partial charge in [-0.15, -0.1) is 0 Å². The second kappa shape index (κ2) is 5.55. The number of hydrogen-bond donors (Lipinski definition) is 0. The van der Waals surface area contributed by atoms with Gasteiger partial charge in [-0.3, -0.25) is 0 Å². The van der Waals surface area contributed by atoms with Crippen LogP contribution >= 0.6 is 11.6 Å². The number of hydrogen-bond acceptors (Lipinski definition) is 3. The van der Waals surface area contributed by atoms with Crippen LogP contribution in [-0.4, -0.2) is 41.5 Å². The monoisotopic (exact) mass is 341 g/mol. The first-order valence-electron chi connectivity index (χ1n) is 7.78. The molecule has 0 aliphatic carbocycles. The molecule has 126 valence electrons. The Bertz CT molecular complexity index is 631. The van der Waals surface area contributed by atoms with E-state index < -0.39 is 23.5 Å². The van der Waals surface area contributed by atoms with Gasteiger partial charge in [-0.2, -0.15) is 0 Å². The lowest BCUT2D eigenvalue weighted by Gasteiger charge is -2.41. The van der Waals surface area contributed by atoms with E-state index >= 15 is 0 Å². The maximum Gasteiger partial charge on any atom is 0.410 e. The Hall–Kier alpha value is -1.49. The van der Waals surface area contributed by atoms with Crippen molar-refractivity contribution < 1.29 is 18.7 Å². The highest BCUT2D eigenvalue weighted by molar-refractivity contribution is 6.30. The molecule has 2 heterocycles. The van der Waals surface area contributed by atoms with Gasteiger partial charge in [0.05, 0.1) is 6.54 Å². The van der Waals surface area contributed by atoms with Crippen LogP contribution < -0.4 is 4.74 Å². The Kier molecular flexibility index (Phi) is 3.95. The smallest absolute Gasteiger partial charge is 0.410 e. The van der Waals surface area contributed by atoms with Gasteiger partial charge in [0.25, 0.3) is 0 Å². The number of amides is 1. The Balaban J connectivity index is 1.70. The largest absolute Gasteiger partial charge is 0.483 e. The summed E-state index contributed by atoms with van der Waals surface area (Å²) in [6, 6.07) is 5.33. The van der Waals surface area contributed by atoms with Gasteiger partial charge in [-0.1, -0.05) is 11.6 Å². The highest BCUT2D eigenvalue weighted by Crippen LogP contribution is 2.43. The summed E-state index contributed by atoms with van der Waals surface area (Å²) in [7, 11) is 0. The summed E-state index contributed by atoms with van der Waals surface area (Å²) in [6.45, 7) is 5.78. The Labute approximate surface area is 140 Å². The van der Waals surface area contributed by atoms with Crippen LogP contribution in [0.2, 0.25) is 5.02 Å². The first-order chi connectivity index (χ1) is 10.7. The number of ether oxygens (including phenoxy) is 2. The second-order valence-corrected chi connectivity index (χ2v) is 7.68. The maximum atomic E-state index is 14.8. The molecule has 23 heavy (non-hydrogen) atoms. The Morgan fingerprint density at radius 3 is 2.87 bits per heavy atom. The summed E-state index contributed by atoms with van der Waals surface area (Å²) < 4.78 is 26.1. The van der Waals surface area contributed by atoms with E-state index in [-0.39, 0.29) is 6.54 Å². The lowest BCUT2D eigenvalue weighted by atomic mass is 9.85. The minimum Gasteiger partial charge on any atom is -0.483 e. The molecule has 1 fully saturated rings. The van der Waals surface area contributed by atoms with Crippen molar-refractivity contribution in [3.8, 4) is 5.75 Å². The first kappa shape index (κ1) is 16.4. The zero-order chi connectivity index (χ0) is 16.8. The van der Waals surface area contributed by atoms with Crippen molar-refractivity contribution in [2.75, 3.05) is 13.1 Å². The molecule has 2 atom stereocenters. The van der Waals surface area contributed by atoms with E-state index in [0.29, 0.717) is 30.2 Å². The third-order valence-electron chi connectivity index (χ3n) is 4.23. The number of nitrogens with zero attached hydrogens (tertiary/aromatic N) is 1. The lowest BCUT2D eigenvalue weighted by molar-refractivity contribution is -0.0567. The first-order valence-corrected chi connectivity index (χ1v) is 8.16. The minimum absolute atomic E-state index is 0.0172. The van der Waals surface area contributed by atoms with Crippen molar-refractivity contribution in [1.29, 1.82) is 0 Å². The van der Waals surface area contributed by atoms with E-state index in [0.717, 1.165) is 5.56 Å². The molecule has 1 aromatic rings. The standard InChI is InChI=1S/C17H21ClFNO3/c1-16(2,3)23-15(21)20-7-6-17(14(19)10-20)9-11-8-12(18)4-5-13(11)22-17/h4-5,8,14H,6-7,9-10H2,1-3H3. The van der Waals surface area contributed by atoms with Crippen LogP contribution in [0.3, 0.4) is 0 Å². The van der Waals surface area contributed by atoms with E-state index in [9.17, 15) is 9.18 Å². The average Bonchev–Trinajstić information content (AvgIpc) is 2.78. The van der Waals surface area contributed by atoms with Crippen molar-refractivity contribution in [3.63, 3.8) is 0 Å². The van der Waals surface area contributed by atoms with Gasteiger partial charge in [0.2, 0.25) is 0 Å². The number of carbonyl (C=O) groups is 1.